The van der Waals surface area contributed by atoms with E-state index in [1.54, 1.807) is 24.1 Å². The second kappa shape index (κ2) is 9.67. The van der Waals surface area contributed by atoms with Crippen LogP contribution in [0.4, 0.5) is 5.69 Å². The number of anilines is 1. The third-order valence-electron chi connectivity index (χ3n) is 4.43. The van der Waals surface area contributed by atoms with Crippen molar-refractivity contribution in [3.8, 4) is 10.6 Å². The first kappa shape index (κ1) is 21.0. The maximum Gasteiger partial charge on any atom is 0.266 e. The summed E-state index contributed by atoms with van der Waals surface area (Å²) in [5.41, 5.74) is 1.49. The Morgan fingerprint density at radius 2 is 1.83 bits per heavy atom. The number of hydrogen-bond acceptors (Lipinski definition) is 4. The maximum atomic E-state index is 13.1. The van der Waals surface area contributed by atoms with Crippen molar-refractivity contribution < 1.29 is 9.59 Å². The summed E-state index contributed by atoms with van der Waals surface area (Å²) < 4.78 is 0. The first-order chi connectivity index (χ1) is 14.0. The van der Waals surface area contributed by atoms with Crippen molar-refractivity contribution in [2.24, 2.45) is 0 Å². The van der Waals surface area contributed by atoms with Gasteiger partial charge in [-0.3, -0.25) is 9.59 Å². The molecule has 0 saturated carbocycles. The van der Waals surface area contributed by atoms with Gasteiger partial charge >= 0.3 is 0 Å². The summed E-state index contributed by atoms with van der Waals surface area (Å²) in [7, 11) is 0. The van der Waals surface area contributed by atoms with E-state index in [-0.39, 0.29) is 11.8 Å². The first-order valence-corrected chi connectivity index (χ1v) is 10.6. The Hall–Kier alpha value is -2.70. The van der Waals surface area contributed by atoms with Gasteiger partial charge in [-0.1, -0.05) is 54.9 Å². The predicted molar refractivity (Wildman–Crippen MR) is 118 cm³/mol. The molecule has 3 rings (SSSR count). The van der Waals surface area contributed by atoms with Gasteiger partial charge in [0.15, 0.2) is 0 Å². The van der Waals surface area contributed by atoms with Crippen LogP contribution >= 0.6 is 22.9 Å². The van der Waals surface area contributed by atoms with Gasteiger partial charge in [0, 0.05) is 17.8 Å². The highest BCUT2D eigenvalue weighted by atomic mass is 35.5. The zero-order valence-electron chi connectivity index (χ0n) is 16.3. The van der Waals surface area contributed by atoms with E-state index >= 15 is 0 Å². The molecule has 1 aromatic heterocycles. The smallest absolute Gasteiger partial charge is 0.266 e. The molecule has 3 aromatic rings. The molecular formula is C22H22ClN3O2S. The van der Waals surface area contributed by atoms with Crippen LogP contribution in [0.5, 0.6) is 0 Å². The molecule has 29 heavy (non-hydrogen) atoms. The van der Waals surface area contributed by atoms with E-state index in [0.29, 0.717) is 27.1 Å². The molecule has 1 atom stereocenters. The zero-order valence-corrected chi connectivity index (χ0v) is 17.8. The number of amides is 2. The van der Waals surface area contributed by atoms with Gasteiger partial charge in [-0.05, 0) is 31.5 Å². The minimum absolute atomic E-state index is 0.210. The van der Waals surface area contributed by atoms with Crippen LogP contribution in [0.2, 0.25) is 5.02 Å². The van der Waals surface area contributed by atoms with E-state index in [0.717, 1.165) is 12.0 Å². The summed E-state index contributed by atoms with van der Waals surface area (Å²) in [6.07, 6.45) is 2.29. The molecule has 1 unspecified atom stereocenters. The van der Waals surface area contributed by atoms with E-state index in [1.807, 2.05) is 55.5 Å². The zero-order chi connectivity index (χ0) is 20.8. The molecule has 2 amide bonds. The highest BCUT2D eigenvalue weighted by Crippen LogP contribution is 2.31. The van der Waals surface area contributed by atoms with Crippen LogP contribution < -0.4 is 5.32 Å². The molecule has 7 heteroatoms. The van der Waals surface area contributed by atoms with E-state index < -0.39 is 6.04 Å². The summed E-state index contributed by atoms with van der Waals surface area (Å²) in [6, 6.07) is 16.0. The minimum Gasteiger partial charge on any atom is -0.326 e. The Morgan fingerprint density at radius 3 is 2.52 bits per heavy atom. The van der Waals surface area contributed by atoms with Crippen LogP contribution in [-0.4, -0.2) is 34.3 Å². The number of thiazole rings is 1. The number of hydrogen-bond donors (Lipinski definition) is 1. The largest absolute Gasteiger partial charge is 0.326 e. The summed E-state index contributed by atoms with van der Waals surface area (Å²) in [5, 5.41) is 4.13. The number of carbonyl (C=O) groups excluding carboxylic acids is 2. The Kier molecular flexibility index (Phi) is 7.01. The van der Waals surface area contributed by atoms with E-state index in [4.69, 9.17) is 11.6 Å². The molecule has 0 aliphatic heterocycles. The average Bonchev–Trinajstić information content (AvgIpc) is 3.22. The molecule has 0 aliphatic carbocycles. The third-order valence-corrected chi connectivity index (χ3v) is 5.78. The van der Waals surface area contributed by atoms with Crippen LogP contribution in [0.3, 0.4) is 0 Å². The molecule has 5 nitrogen and oxygen atoms in total. The molecule has 1 N–H and O–H groups in total. The minimum atomic E-state index is -0.617. The molecule has 0 fully saturated rings. The van der Waals surface area contributed by atoms with E-state index in [9.17, 15) is 9.59 Å². The van der Waals surface area contributed by atoms with Crippen LogP contribution in [0, 0.1) is 0 Å². The van der Waals surface area contributed by atoms with Crippen LogP contribution in [0.1, 0.15) is 29.9 Å². The summed E-state index contributed by atoms with van der Waals surface area (Å²) in [4.78, 5) is 32.3. The van der Waals surface area contributed by atoms with Crippen molar-refractivity contribution in [2.45, 2.75) is 26.3 Å². The fourth-order valence-electron chi connectivity index (χ4n) is 2.90. The molecule has 150 valence electrons. The normalized spacial score (nSPS) is 11.7. The van der Waals surface area contributed by atoms with Crippen LogP contribution in [-0.2, 0) is 4.79 Å². The molecule has 2 aromatic carbocycles. The fraction of sp³-hybridized carbons (Fsp3) is 0.227. The number of nitrogens with zero attached hydrogens (tertiary/aromatic N) is 2. The Bertz CT molecular complexity index is 990. The predicted octanol–water partition coefficient (Wildman–Crippen LogP) is 5.34. The van der Waals surface area contributed by atoms with Crippen molar-refractivity contribution in [1.29, 1.82) is 0 Å². The van der Waals surface area contributed by atoms with Gasteiger partial charge in [0.1, 0.15) is 15.9 Å². The van der Waals surface area contributed by atoms with Crippen molar-refractivity contribution in [3.05, 3.63) is 70.7 Å². The monoisotopic (exact) mass is 427 g/mol. The van der Waals surface area contributed by atoms with Gasteiger partial charge in [-0.2, -0.15) is 0 Å². The molecular weight excluding hydrogens is 406 g/mol. The second-order valence-electron chi connectivity index (χ2n) is 6.54. The number of halogens is 1. The highest BCUT2D eigenvalue weighted by Gasteiger charge is 2.27. The maximum absolute atomic E-state index is 13.1. The SMILES string of the molecule is CCCN(C(=O)c1cnc(-c2ccccc2Cl)s1)C(C)C(=O)Nc1ccccc1. The number of nitrogens with one attached hydrogen (secondary N) is 1. The number of carbonyl (C=O) groups is 2. The van der Waals surface area contributed by atoms with Gasteiger partial charge in [0.2, 0.25) is 5.91 Å². The Morgan fingerprint density at radius 1 is 1.14 bits per heavy atom. The summed E-state index contributed by atoms with van der Waals surface area (Å²) in [5.74, 6) is -0.438. The van der Waals surface area contributed by atoms with Gasteiger partial charge in [-0.15, -0.1) is 11.3 Å². The Balaban J connectivity index is 1.79. The number of para-hydroxylation sites is 1. The number of rotatable bonds is 7. The van der Waals surface area contributed by atoms with Gasteiger partial charge < -0.3 is 10.2 Å². The van der Waals surface area contributed by atoms with Crippen molar-refractivity contribution >= 4 is 40.4 Å². The van der Waals surface area contributed by atoms with Crippen molar-refractivity contribution in [3.63, 3.8) is 0 Å². The van der Waals surface area contributed by atoms with E-state index in [2.05, 4.69) is 10.3 Å². The molecule has 0 bridgehead atoms. The lowest BCUT2D eigenvalue weighted by molar-refractivity contribution is -0.120. The molecule has 0 spiro atoms. The van der Waals surface area contributed by atoms with Gasteiger partial charge in [0.05, 0.1) is 11.2 Å². The van der Waals surface area contributed by atoms with Crippen molar-refractivity contribution in [2.75, 3.05) is 11.9 Å². The lowest BCUT2D eigenvalue weighted by Crippen LogP contribution is -2.45. The standard InChI is InChI=1S/C22H22ClN3O2S/c1-3-13-26(15(2)20(27)25-16-9-5-4-6-10-16)22(28)19-14-24-21(29-19)17-11-7-8-12-18(17)23/h4-12,14-15H,3,13H2,1-2H3,(H,25,27). The van der Waals surface area contributed by atoms with Gasteiger partial charge in [0.25, 0.3) is 5.91 Å². The summed E-state index contributed by atoms with van der Waals surface area (Å²) >= 11 is 7.52. The fourth-order valence-corrected chi connectivity index (χ4v) is 4.09. The summed E-state index contributed by atoms with van der Waals surface area (Å²) in [6.45, 7) is 4.19. The first-order valence-electron chi connectivity index (χ1n) is 9.39. The number of benzene rings is 2. The molecule has 0 saturated heterocycles. The van der Waals surface area contributed by atoms with Gasteiger partial charge in [-0.25, -0.2) is 4.98 Å². The van der Waals surface area contributed by atoms with E-state index in [1.165, 1.54) is 11.3 Å². The van der Waals surface area contributed by atoms with Crippen LogP contribution in [0.15, 0.2) is 60.8 Å². The third kappa shape index (κ3) is 5.02. The van der Waals surface area contributed by atoms with Crippen molar-refractivity contribution in [1.82, 2.24) is 9.88 Å². The Labute approximate surface area is 179 Å². The topological polar surface area (TPSA) is 62.3 Å². The quantitative estimate of drug-likeness (QED) is 0.553. The molecule has 1 heterocycles. The lowest BCUT2D eigenvalue weighted by Gasteiger charge is -2.27. The molecule has 0 aliphatic rings. The second-order valence-corrected chi connectivity index (χ2v) is 7.98. The highest BCUT2D eigenvalue weighted by molar-refractivity contribution is 7.17. The number of aromatic nitrogens is 1. The lowest BCUT2D eigenvalue weighted by atomic mass is 10.2. The van der Waals surface area contributed by atoms with Crippen LogP contribution in [0.25, 0.3) is 10.6 Å². The molecule has 0 radical (unpaired) electrons. The average molecular weight is 428 g/mol.